The van der Waals surface area contributed by atoms with Crippen molar-refractivity contribution in [1.29, 1.82) is 0 Å². The van der Waals surface area contributed by atoms with Crippen molar-refractivity contribution in [3.63, 3.8) is 0 Å². The van der Waals surface area contributed by atoms with Crippen LogP contribution in [0.25, 0.3) is 40.4 Å². The van der Waals surface area contributed by atoms with Crippen molar-refractivity contribution in [3.8, 4) is 22.6 Å². The van der Waals surface area contributed by atoms with Crippen molar-refractivity contribution < 1.29 is 0 Å². The highest BCUT2D eigenvalue weighted by atomic mass is 15.2. The van der Waals surface area contributed by atoms with Crippen LogP contribution in [0.15, 0.2) is 157 Å². The van der Waals surface area contributed by atoms with Crippen molar-refractivity contribution in [2.24, 2.45) is 5.92 Å². The van der Waals surface area contributed by atoms with E-state index in [1.807, 2.05) is 0 Å². The van der Waals surface area contributed by atoms with Gasteiger partial charge in [0.1, 0.15) is 0 Å². The van der Waals surface area contributed by atoms with E-state index in [1.165, 1.54) is 49.8 Å². The number of hydrogen-bond acceptors (Lipinski definition) is 4. The molecule has 5 atom stereocenters. The van der Waals surface area contributed by atoms with Gasteiger partial charge in [0.05, 0.1) is 29.5 Å². The Hall–Kier alpha value is -6.00. The molecular formula is C51H46N4. The number of nitrogens with zero attached hydrogens (tertiary/aromatic N) is 4. The standard InChI is InChI=1S/C51H46N4/c1-4-17-43-33(2)47-45(54(43)38-23-12-7-13-24-38)30-31-46-48(47)42-25-14-15-27-44(42)55(46)39-28-29-40-37(32-39)22-16-26-41(40)50-34(3)49(35-18-8-5-9-19-35)52-51(53-50)36-20-10-6-11-21-36/h4,6-8,10-27,29-32,39,45-48H,5,9,28H2,1-3H3/b17-4-/t39?,45?,46?,47-,48?/m1/s1. The minimum atomic E-state index is 0.227. The molecule has 0 spiro atoms. The molecule has 3 aliphatic carbocycles. The molecule has 0 amide bonds. The predicted molar refractivity (Wildman–Crippen MR) is 229 cm³/mol. The second-order valence-electron chi connectivity index (χ2n) is 15.5. The summed E-state index contributed by atoms with van der Waals surface area (Å²) in [6.45, 7) is 6.70. The summed E-state index contributed by atoms with van der Waals surface area (Å²) in [5.41, 5.74) is 13.5. The van der Waals surface area contributed by atoms with Gasteiger partial charge < -0.3 is 9.80 Å². The highest BCUT2D eigenvalue weighted by molar-refractivity contribution is 5.81. The van der Waals surface area contributed by atoms with Gasteiger partial charge >= 0.3 is 0 Å². The second-order valence-corrected chi connectivity index (χ2v) is 15.5. The van der Waals surface area contributed by atoms with Crippen LogP contribution < -0.4 is 20.2 Å². The van der Waals surface area contributed by atoms with Crippen LogP contribution in [0.2, 0.25) is 0 Å². The summed E-state index contributed by atoms with van der Waals surface area (Å²) in [4.78, 5) is 15.8. The van der Waals surface area contributed by atoms with Crippen LogP contribution >= 0.6 is 0 Å². The number of fused-ring (bicyclic) bond motifs is 6. The van der Waals surface area contributed by atoms with E-state index in [2.05, 4.69) is 188 Å². The predicted octanol–water partition coefficient (Wildman–Crippen LogP) is 10.1. The topological polar surface area (TPSA) is 32.3 Å². The fraction of sp³-hybridized carbons (Fsp3) is 0.216. The summed E-state index contributed by atoms with van der Waals surface area (Å²) in [5.74, 6) is 1.51. The molecule has 5 aliphatic rings. The smallest absolute Gasteiger partial charge is 0.160 e. The van der Waals surface area contributed by atoms with Crippen molar-refractivity contribution in [3.05, 3.63) is 184 Å². The Morgan fingerprint density at radius 3 is 2.29 bits per heavy atom. The average Bonchev–Trinajstić information content (AvgIpc) is 3.72. The lowest BCUT2D eigenvalue weighted by Crippen LogP contribution is -2.48. The minimum absolute atomic E-state index is 0.227. The summed E-state index contributed by atoms with van der Waals surface area (Å²) >= 11 is 0. The van der Waals surface area contributed by atoms with Gasteiger partial charge in [-0.3, -0.25) is 0 Å². The van der Waals surface area contributed by atoms with Gasteiger partial charge in [0.15, 0.2) is 5.82 Å². The third-order valence-corrected chi connectivity index (χ3v) is 12.5. The normalized spacial score (nSPS) is 23.5. The van der Waals surface area contributed by atoms with Crippen LogP contribution in [0, 0.1) is 12.8 Å². The van der Waals surface area contributed by atoms with Crippen LogP contribution in [-0.4, -0.2) is 28.1 Å². The van der Waals surface area contributed by atoms with E-state index >= 15 is 0 Å². The van der Waals surface area contributed by atoms with E-state index in [1.54, 1.807) is 0 Å². The van der Waals surface area contributed by atoms with Gasteiger partial charge in [0.25, 0.3) is 0 Å². The number of hydrogen-bond donors (Lipinski definition) is 0. The lowest BCUT2D eigenvalue weighted by molar-refractivity contribution is 0.410. The van der Waals surface area contributed by atoms with Gasteiger partial charge in [-0.15, -0.1) is 0 Å². The zero-order valence-electron chi connectivity index (χ0n) is 31.8. The quantitative estimate of drug-likeness (QED) is 0.164. The molecule has 55 heavy (non-hydrogen) atoms. The molecule has 0 radical (unpaired) electrons. The van der Waals surface area contributed by atoms with E-state index in [0.29, 0.717) is 11.8 Å². The Labute approximate surface area is 324 Å². The fourth-order valence-electron chi connectivity index (χ4n) is 10.1. The molecule has 3 heterocycles. The van der Waals surface area contributed by atoms with Gasteiger partial charge in [-0.1, -0.05) is 134 Å². The Balaban J connectivity index is 1.07. The van der Waals surface area contributed by atoms with Gasteiger partial charge in [-0.25, -0.2) is 9.97 Å². The number of para-hydroxylation sites is 2. The highest BCUT2D eigenvalue weighted by Gasteiger charge is 2.52. The Kier molecular flexibility index (Phi) is 8.35. The molecule has 0 N–H and O–H groups in total. The maximum atomic E-state index is 5.31. The molecule has 4 aromatic carbocycles. The Morgan fingerprint density at radius 2 is 1.49 bits per heavy atom. The summed E-state index contributed by atoms with van der Waals surface area (Å²) < 4.78 is 0. The molecule has 0 bridgehead atoms. The molecule has 4 nitrogen and oxygen atoms in total. The van der Waals surface area contributed by atoms with E-state index in [4.69, 9.17) is 9.97 Å². The van der Waals surface area contributed by atoms with Gasteiger partial charge in [0, 0.05) is 45.6 Å². The summed E-state index contributed by atoms with van der Waals surface area (Å²) in [7, 11) is 0. The van der Waals surface area contributed by atoms with Crippen LogP contribution in [0.5, 0.6) is 0 Å². The molecular weight excluding hydrogens is 669 g/mol. The van der Waals surface area contributed by atoms with Crippen molar-refractivity contribution in [2.45, 2.75) is 64.1 Å². The second kappa shape index (κ2) is 13.7. The minimum Gasteiger partial charge on any atom is -0.357 e. The number of rotatable bonds is 6. The molecule has 10 rings (SSSR count). The maximum absolute atomic E-state index is 5.31. The van der Waals surface area contributed by atoms with Gasteiger partial charge in [-0.05, 0) is 91.5 Å². The largest absolute Gasteiger partial charge is 0.357 e. The van der Waals surface area contributed by atoms with Crippen molar-refractivity contribution in [2.75, 3.05) is 9.80 Å². The first-order valence-electron chi connectivity index (χ1n) is 20.0. The molecule has 4 unspecified atom stereocenters. The fourth-order valence-corrected chi connectivity index (χ4v) is 10.1. The van der Waals surface area contributed by atoms with Crippen LogP contribution in [-0.2, 0) is 0 Å². The molecule has 270 valence electrons. The number of allylic oxidation sites excluding steroid dienone is 6. The Morgan fingerprint density at radius 1 is 0.727 bits per heavy atom. The molecule has 2 aliphatic heterocycles. The van der Waals surface area contributed by atoms with E-state index in [-0.39, 0.29) is 18.1 Å². The first kappa shape index (κ1) is 33.6. The number of anilines is 2. The van der Waals surface area contributed by atoms with Crippen molar-refractivity contribution >= 4 is 29.1 Å². The third-order valence-electron chi connectivity index (χ3n) is 12.5. The lowest BCUT2D eigenvalue weighted by atomic mass is 9.72. The first-order chi connectivity index (χ1) is 27.1. The lowest BCUT2D eigenvalue weighted by Gasteiger charge is -2.41. The SMILES string of the molecule is C/C=C\C1=C(C)[C@H]2C3c4ccccc4N(C4C=c5cccc(-c6nc(-c7ccccc7)nc(C7=CCCC=C7)c6C)c5=CC4)C3C=CC2N1c1ccccc1. The molecule has 0 saturated carbocycles. The van der Waals surface area contributed by atoms with Crippen LogP contribution in [0.1, 0.15) is 55.8 Å². The molecule has 4 heteroatoms. The molecule has 5 aromatic rings. The number of aromatic nitrogens is 2. The third kappa shape index (κ3) is 5.49. The number of benzene rings is 4. The average molecular weight is 715 g/mol. The zero-order chi connectivity index (χ0) is 37.0. The highest BCUT2D eigenvalue weighted by Crippen LogP contribution is 2.56. The van der Waals surface area contributed by atoms with E-state index in [9.17, 15) is 0 Å². The van der Waals surface area contributed by atoms with Crippen LogP contribution in [0.3, 0.4) is 0 Å². The van der Waals surface area contributed by atoms with Crippen molar-refractivity contribution in [1.82, 2.24) is 9.97 Å². The first-order valence-corrected chi connectivity index (χ1v) is 20.0. The Bertz CT molecular complexity index is 2590. The summed E-state index contributed by atoms with van der Waals surface area (Å²) in [6, 6.07) is 38.1. The monoisotopic (exact) mass is 714 g/mol. The van der Waals surface area contributed by atoms with E-state index < -0.39 is 0 Å². The zero-order valence-corrected chi connectivity index (χ0v) is 31.8. The maximum Gasteiger partial charge on any atom is 0.160 e. The molecule has 1 aromatic heterocycles. The van der Waals surface area contributed by atoms with Crippen LogP contribution in [0.4, 0.5) is 11.4 Å². The molecule has 0 fully saturated rings. The van der Waals surface area contributed by atoms with Gasteiger partial charge in [0.2, 0.25) is 0 Å². The summed E-state index contributed by atoms with van der Waals surface area (Å²) in [6.07, 6.45) is 24.4. The van der Waals surface area contributed by atoms with Gasteiger partial charge in [-0.2, -0.15) is 0 Å². The summed E-state index contributed by atoms with van der Waals surface area (Å²) in [5, 5.41) is 2.54. The van der Waals surface area contributed by atoms with E-state index in [0.717, 1.165) is 47.6 Å². The molecule has 0 saturated heterocycles.